The number of rotatable bonds is 8. The summed E-state index contributed by atoms with van der Waals surface area (Å²) in [5.74, 6) is 0.334. The van der Waals surface area contributed by atoms with E-state index in [4.69, 9.17) is 27.9 Å². The molecule has 2 aliphatic carbocycles. The zero-order valence-electron chi connectivity index (χ0n) is 21.7. The summed E-state index contributed by atoms with van der Waals surface area (Å²) < 4.78 is 5.66. The summed E-state index contributed by atoms with van der Waals surface area (Å²) in [5, 5.41) is 4.25. The molecule has 0 spiro atoms. The highest BCUT2D eigenvalue weighted by atomic mass is 35.5. The number of nitrogens with one attached hydrogen (secondary N) is 1. The second-order valence-corrected chi connectivity index (χ2v) is 12.5. The van der Waals surface area contributed by atoms with Crippen LogP contribution in [0, 0.1) is 17.3 Å². The number of carbonyl (C=O) groups excluding carboxylic acids is 3. The summed E-state index contributed by atoms with van der Waals surface area (Å²) in [6, 6.07) is 5.43. The molecule has 2 atom stereocenters. The summed E-state index contributed by atoms with van der Waals surface area (Å²) in [4.78, 5) is 44.0. The number of carbonyl (C=O) groups is 3. The van der Waals surface area contributed by atoms with Gasteiger partial charge in [0.25, 0.3) is 0 Å². The van der Waals surface area contributed by atoms with E-state index in [2.05, 4.69) is 5.32 Å². The third kappa shape index (κ3) is 5.24. The maximum atomic E-state index is 14.4. The van der Waals surface area contributed by atoms with Gasteiger partial charge in [-0.3, -0.25) is 14.5 Å². The predicted molar refractivity (Wildman–Crippen MR) is 143 cm³/mol. The summed E-state index contributed by atoms with van der Waals surface area (Å²) in [5.41, 5.74) is -0.469. The monoisotopic (exact) mass is 549 g/mol. The van der Waals surface area contributed by atoms with Gasteiger partial charge in [0, 0.05) is 50.5 Å². The average Bonchev–Trinajstić information content (AvgIpc) is 3.83. The number of likely N-dealkylation sites (tertiary alicyclic amines) is 1. The van der Waals surface area contributed by atoms with Gasteiger partial charge in [-0.25, -0.2) is 4.79 Å². The Labute approximate surface area is 229 Å². The van der Waals surface area contributed by atoms with Gasteiger partial charge in [0.2, 0.25) is 5.91 Å². The van der Waals surface area contributed by atoms with Crippen LogP contribution in [0.5, 0.6) is 0 Å². The number of piperidine rings is 1. The molecule has 4 aliphatic rings. The molecular weight excluding hydrogens is 513 g/mol. The molecule has 2 heterocycles. The van der Waals surface area contributed by atoms with Crippen LogP contribution in [0.2, 0.25) is 10.0 Å². The summed E-state index contributed by atoms with van der Waals surface area (Å²) in [7, 11) is 1.68. The summed E-state index contributed by atoms with van der Waals surface area (Å²) in [6.07, 6.45) is 5.86. The number of ether oxygens (including phenoxy) is 1. The third-order valence-corrected chi connectivity index (χ3v) is 9.82. The first-order valence-corrected chi connectivity index (χ1v) is 14.3. The molecule has 1 aromatic rings. The first-order valence-electron chi connectivity index (χ1n) is 13.6. The molecule has 0 bridgehead atoms. The second-order valence-electron chi connectivity index (χ2n) is 11.7. The Bertz CT molecular complexity index is 1070. The molecule has 202 valence electrons. The SMILES string of the molecule is CN(C(=O)OCCC1CC1)[C@@]1(C(=O)C2CCN(C(=O)C3(C)CC3)CC2)CNC[C@@H]1c1ccc(Cl)c(Cl)c1. The van der Waals surface area contributed by atoms with Gasteiger partial charge < -0.3 is 15.0 Å². The van der Waals surface area contributed by atoms with Gasteiger partial charge in [0.05, 0.1) is 16.7 Å². The zero-order valence-corrected chi connectivity index (χ0v) is 23.2. The van der Waals surface area contributed by atoms with Crippen LogP contribution >= 0.6 is 23.2 Å². The maximum Gasteiger partial charge on any atom is 0.410 e. The van der Waals surface area contributed by atoms with Crippen molar-refractivity contribution in [3.63, 3.8) is 0 Å². The van der Waals surface area contributed by atoms with Gasteiger partial charge in [0.15, 0.2) is 5.78 Å². The van der Waals surface area contributed by atoms with Crippen molar-refractivity contribution in [3.8, 4) is 0 Å². The van der Waals surface area contributed by atoms with E-state index in [1.165, 1.54) is 17.7 Å². The van der Waals surface area contributed by atoms with Crippen molar-refractivity contribution < 1.29 is 19.1 Å². The largest absolute Gasteiger partial charge is 0.449 e. The van der Waals surface area contributed by atoms with Crippen molar-refractivity contribution in [1.29, 1.82) is 0 Å². The lowest BCUT2D eigenvalue weighted by Crippen LogP contribution is -2.62. The molecule has 2 saturated heterocycles. The fourth-order valence-corrected chi connectivity index (χ4v) is 6.37. The van der Waals surface area contributed by atoms with Gasteiger partial charge >= 0.3 is 6.09 Å². The molecule has 9 heteroatoms. The molecule has 0 unspecified atom stereocenters. The molecule has 4 fully saturated rings. The number of nitrogens with zero attached hydrogens (tertiary/aromatic N) is 2. The Morgan fingerprint density at radius 3 is 2.43 bits per heavy atom. The van der Waals surface area contributed by atoms with E-state index in [0.717, 1.165) is 24.8 Å². The highest BCUT2D eigenvalue weighted by Crippen LogP contribution is 2.47. The van der Waals surface area contributed by atoms with E-state index in [0.29, 0.717) is 61.6 Å². The molecule has 5 rings (SSSR count). The molecule has 1 aromatic carbocycles. The van der Waals surface area contributed by atoms with Crippen molar-refractivity contribution in [2.24, 2.45) is 17.3 Å². The fourth-order valence-electron chi connectivity index (χ4n) is 6.06. The first-order chi connectivity index (χ1) is 17.7. The molecule has 2 amide bonds. The minimum atomic E-state index is -1.12. The van der Waals surface area contributed by atoms with Crippen molar-refractivity contribution >= 4 is 41.0 Å². The Morgan fingerprint density at radius 1 is 1.11 bits per heavy atom. The second kappa shape index (κ2) is 10.4. The van der Waals surface area contributed by atoms with E-state index in [1.807, 2.05) is 17.9 Å². The lowest BCUT2D eigenvalue weighted by Gasteiger charge is -2.44. The zero-order chi connectivity index (χ0) is 26.4. The van der Waals surface area contributed by atoms with Crippen LogP contribution in [0.25, 0.3) is 0 Å². The van der Waals surface area contributed by atoms with Gasteiger partial charge in [-0.05, 0) is 55.7 Å². The van der Waals surface area contributed by atoms with E-state index >= 15 is 0 Å². The molecule has 2 aliphatic heterocycles. The van der Waals surface area contributed by atoms with E-state index in [1.54, 1.807) is 19.2 Å². The minimum absolute atomic E-state index is 0.0277. The standard InChI is InChI=1S/C28H37Cl2N3O4/c1-27(10-11-27)25(35)33-12-7-19(8-13-33)24(34)28(32(2)26(36)37-14-9-18-3-4-18)17-31-16-21(28)20-5-6-22(29)23(30)15-20/h5-6,15,18-19,21,31H,3-4,7-14,16-17H2,1-2H3/t21-,28+/m1/s1. The maximum absolute atomic E-state index is 14.4. The lowest BCUT2D eigenvalue weighted by atomic mass is 9.72. The number of benzene rings is 1. The van der Waals surface area contributed by atoms with E-state index < -0.39 is 11.6 Å². The van der Waals surface area contributed by atoms with Crippen molar-refractivity contribution in [1.82, 2.24) is 15.1 Å². The molecule has 0 aromatic heterocycles. The molecule has 0 radical (unpaired) electrons. The minimum Gasteiger partial charge on any atom is -0.449 e. The van der Waals surface area contributed by atoms with Gasteiger partial charge in [-0.2, -0.15) is 0 Å². The third-order valence-electron chi connectivity index (χ3n) is 9.08. The van der Waals surface area contributed by atoms with E-state index in [-0.39, 0.29) is 28.9 Å². The Hall–Kier alpha value is -1.83. The number of Topliss-reactive ketones (excluding diaryl/α,β-unsaturated/α-hetero) is 1. The summed E-state index contributed by atoms with van der Waals surface area (Å²) >= 11 is 12.6. The molecule has 2 saturated carbocycles. The van der Waals surface area contributed by atoms with Crippen LogP contribution in [0.4, 0.5) is 4.79 Å². The van der Waals surface area contributed by atoms with Crippen LogP contribution < -0.4 is 5.32 Å². The summed E-state index contributed by atoms with van der Waals surface area (Å²) in [6.45, 7) is 4.39. The first kappa shape index (κ1) is 26.8. The van der Waals surface area contributed by atoms with Crippen LogP contribution in [0.3, 0.4) is 0 Å². The number of amides is 2. The van der Waals surface area contributed by atoms with E-state index in [9.17, 15) is 14.4 Å². The lowest BCUT2D eigenvalue weighted by molar-refractivity contribution is -0.142. The number of ketones is 1. The number of hydrogen-bond acceptors (Lipinski definition) is 5. The highest BCUT2D eigenvalue weighted by molar-refractivity contribution is 6.42. The fraction of sp³-hybridized carbons (Fsp3) is 0.679. The predicted octanol–water partition coefficient (Wildman–Crippen LogP) is 4.90. The highest BCUT2D eigenvalue weighted by Gasteiger charge is 2.57. The Kier molecular flexibility index (Phi) is 7.51. The van der Waals surface area contributed by atoms with Crippen molar-refractivity contribution in [2.45, 2.75) is 63.3 Å². The van der Waals surface area contributed by atoms with Crippen LogP contribution in [-0.4, -0.2) is 73.0 Å². The van der Waals surface area contributed by atoms with Gasteiger partial charge in [-0.15, -0.1) is 0 Å². The molecule has 7 nitrogen and oxygen atoms in total. The average molecular weight is 551 g/mol. The Morgan fingerprint density at radius 2 is 1.81 bits per heavy atom. The van der Waals surface area contributed by atoms with Crippen LogP contribution in [0.15, 0.2) is 18.2 Å². The smallest absolute Gasteiger partial charge is 0.410 e. The number of halogens is 2. The molecular formula is C28H37Cl2N3O4. The molecule has 1 N–H and O–H groups in total. The Balaban J connectivity index is 1.38. The van der Waals surface area contributed by atoms with Crippen LogP contribution in [0.1, 0.15) is 63.4 Å². The number of likely N-dealkylation sites (N-methyl/N-ethyl adjacent to an activating group) is 1. The topological polar surface area (TPSA) is 79.0 Å². The normalized spacial score (nSPS) is 27.1. The molecule has 37 heavy (non-hydrogen) atoms. The van der Waals surface area contributed by atoms with Gasteiger partial charge in [-0.1, -0.05) is 49.0 Å². The van der Waals surface area contributed by atoms with Crippen LogP contribution in [-0.2, 0) is 14.3 Å². The van der Waals surface area contributed by atoms with Crippen molar-refractivity contribution in [2.75, 3.05) is 39.8 Å². The van der Waals surface area contributed by atoms with Gasteiger partial charge in [0.1, 0.15) is 5.54 Å². The van der Waals surface area contributed by atoms with Crippen molar-refractivity contribution in [3.05, 3.63) is 33.8 Å². The number of hydrogen-bond donors (Lipinski definition) is 1. The quantitative estimate of drug-likeness (QED) is 0.499.